The first kappa shape index (κ1) is 18.1. The summed E-state index contributed by atoms with van der Waals surface area (Å²) < 4.78 is 7.74. The first-order chi connectivity index (χ1) is 13.2. The molecule has 0 aliphatic carbocycles. The lowest BCUT2D eigenvalue weighted by molar-refractivity contribution is -0.132. The highest BCUT2D eigenvalue weighted by Gasteiger charge is 2.40. The summed E-state index contributed by atoms with van der Waals surface area (Å²) in [6.07, 6.45) is 4.51. The molecular formula is C19H26N6O2. The van der Waals surface area contributed by atoms with Gasteiger partial charge in [-0.05, 0) is 60.5 Å². The third-order valence-electron chi connectivity index (χ3n) is 5.56. The number of carbonyl (C=O) groups is 1. The molecule has 2 fully saturated rings. The van der Waals surface area contributed by atoms with Crippen molar-refractivity contribution in [1.29, 1.82) is 0 Å². The third-order valence-corrected chi connectivity index (χ3v) is 5.56. The zero-order chi connectivity index (χ0) is 18.7. The number of nitrogens with zero attached hydrogens (tertiary/aromatic N) is 6. The number of rotatable bonds is 4. The standard InChI is InChI=1S/C19H26N6O2/c1-2-9-23-12-13-27-19(14-23)7-10-24(11-8-19)18(26)16-3-5-17(6-4-16)25-15-20-21-22-25/h3-6,15H,2,7-14H2,1H3. The molecule has 0 unspecified atom stereocenters. The van der Waals surface area contributed by atoms with Crippen LogP contribution in [-0.2, 0) is 4.74 Å². The zero-order valence-electron chi connectivity index (χ0n) is 15.8. The van der Waals surface area contributed by atoms with E-state index in [-0.39, 0.29) is 11.5 Å². The summed E-state index contributed by atoms with van der Waals surface area (Å²) in [5.41, 5.74) is 1.45. The Morgan fingerprint density at radius 1 is 1.19 bits per heavy atom. The van der Waals surface area contributed by atoms with Crippen molar-refractivity contribution >= 4 is 5.91 Å². The van der Waals surface area contributed by atoms with Crippen LogP contribution in [0.25, 0.3) is 5.69 Å². The molecule has 2 aliphatic heterocycles. The molecule has 0 N–H and O–H groups in total. The number of likely N-dealkylation sites (tertiary alicyclic amines) is 1. The SMILES string of the molecule is CCCN1CCOC2(CCN(C(=O)c3ccc(-n4cnnn4)cc3)CC2)C1. The second-order valence-electron chi connectivity index (χ2n) is 7.40. The van der Waals surface area contributed by atoms with E-state index in [4.69, 9.17) is 4.74 Å². The molecule has 1 spiro atoms. The van der Waals surface area contributed by atoms with Crippen LogP contribution in [0.5, 0.6) is 0 Å². The highest BCUT2D eigenvalue weighted by Crippen LogP contribution is 2.30. The Labute approximate surface area is 159 Å². The lowest BCUT2D eigenvalue weighted by Crippen LogP contribution is -2.57. The van der Waals surface area contributed by atoms with Gasteiger partial charge in [-0.2, -0.15) is 0 Å². The van der Waals surface area contributed by atoms with Crippen LogP contribution in [0.15, 0.2) is 30.6 Å². The minimum atomic E-state index is -0.0752. The van der Waals surface area contributed by atoms with E-state index in [0.29, 0.717) is 5.56 Å². The van der Waals surface area contributed by atoms with Gasteiger partial charge in [0.1, 0.15) is 6.33 Å². The molecule has 8 nitrogen and oxygen atoms in total. The predicted octanol–water partition coefficient (Wildman–Crippen LogP) is 1.38. The number of hydrogen-bond donors (Lipinski definition) is 0. The molecule has 0 saturated carbocycles. The number of morpholine rings is 1. The van der Waals surface area contributed by atoms with Crippen LogP contribution in [0.3, 0.4) is 0 Å². The molecule has 2 saturated heterocycles. The maximum absolute atomic E-state index is 12.9. The Kier molecular flexibility index (Phi) is 5.18. The monoisotopic (exact) mass is 370 g/mol. The van der Waals surface area contributed by atoms with Gasteiger partial charge in [-0.1, -0.05) is 6.92 Å². The van der Waals surface area contributed by atoms with Crippen LogP contribution in [0.1, 0.15) is 36.5 Å². The Balaban J connectivity index is 1.37. The number of benzene rings is 1. The number of amides is 1. The lowest BCUT2D eigenvalue weighted by Gasteiger charge is -2.47. The normalized spacial score (nSPS) is 20.1. The second-order valence-corrected chi connectivity index (χ2v) is 7.40. The van der Waals surface area contributed by atoms with Gasteiger partial charge in [-0.15, -0.1) is 5.10 Å². The van der Waals surface area contributed by atoms with Crippen molar-refractivity contribution in [2.24, 2.45) is 0 Å². The van der Waals surface area contributed by atoms with Crippen LogP contribution < -0.4 is 0 Å². The summed E-state index contributed by atoms with van der Waals surface area (Å²) in [4.78, 5) is 17.3. The number of ether oxygens (including phenoxy) is 1. The molecular weight excluding hydrogens is 344 g/mol. The van der Waals surface area contributed by atoms with E-state index in [0.717, 1.165) is 57.9 Å². The molecule has 2 aliphatic rings. The second kappa shape index (κ2) is 7.74. The van der Waals surface area contributed by atoms with E-state index in [9.17, 15) is 4.79 Å². The highest BCUT2D eigenvalue weighted by molar-refractivity contribution is 5.94. The molecule has 1 amide bonds. The number of aromatic nitrogens is 4. The maximum Gasteiger partial charge on any atom is 0.253 e. The Morgan fingerprint density at radius 2 is 1.96 bits per heavy atom. The molecule has 0 bridgehead atoms. The molecule has 8 heteroatoms. The van der Waals surface area contributed by atoms with E-state index in [1.165, 1.54) is 12.7 Å². The highest BCUT2D eigenvalue weighted by atomic mass is 16.5. The number of hydrogen-bond acceptors (Lipinski definition) is 6. The van der Waals surface area contributed by atoms with E-state index in [2.05, 4.69) is 27.3 Å². The molecule has 0 radical (unpaired) electrons. The summed E-state index contributed by atoms with van der Waals surface area (Å²) in [6, 6.07) is 7.40. The summed E-state index contributed by atoms with van der Waals surface area (Å²) in [7, 11) is 0. The summed E-state index contributed by atoms with van der Waals surface area (Å²) >= 11 is 0. The van der Waals surface area contributed by atoms with Gasteiger partial charge in [-0.3, -0.25) is 9.69 Å². The summed E-state index contributed by atoms with van der Waals surface area (Å²) in [5.74, 6) is 0.0781. The van der Waals surface area contributed by atoms with Crippen molar-refractivity contribution in [2.45, 2.75) is 31.8 Å². The first-order valence-electron chi connectivity index (χ1n) is 9.68. The van der Waals surface area contributed by atoms with E-state index < -0.39 is 0 Å². The Bertz CT molecular complexity index is 751. The van der Waals surface area contributed by atoms with Crippen molar-refractivity contribution in [3.05, 3.63) is 36.2 Å². The van der Waals surface area contributed by atoms with Crippen LogP contribution in [0.2, 0.25) is 0 Å². The van der Waals surface area contributed by atoms with Crippen molar-refractivity contribution in [3.8, 4) is 5.69 Å². The number of carbonyl (C=O) groups excluding carboxylic acids is 1. The van der Waals surface area contributed by atoms with Gasteiger partial charge in [0.2, 0.25) is 0 Å². The molecule has 3 heterocycles. The average Bonchev–Trinajstić information content (AvgIpc) is 3.24. The quantitative estimate of drug-likeness (QED) is 0.809. The van der Waals surface area contributed by atoms with Gasteiger partial charge in [-0.25, -0.2) is 4.68 Å². The topological polar surface area (TPSA) is 76.4 Å². The van der Waals surface area contributed by atoms with Crippen molar-refractivity contribution in [1.82, 2.24) is 30.0 Å². The molecule has 144 valence electrons. The maximum atomic E-state index is 12.9. The first-order valence-corrected chi connectivity index (χ1v) is 9.68. The van der Waals surface area contributed by atoms with E-state index in [1.54, 1.807) is 4.68 Å². The summed E-state index contributed by atoms with van der Waals surface area (Å²) in [6.45, 7) is 7.64. The fourth-order valence-corrected chi connectivity index (χ4v) is 4.07. The van der Waals surface area contributed by atoms with Gasteiger partial charge in [0.15, 0.2) is 0 Å². The molecule has 1 aromatic heterocycles. The predicted molar refractivity (Wildman–Crippen MR) is 99.7 cm³/mol. The smallest absolute Gasteiger partial charge is 0.253 e. The van der Waals surface area contributed by atoms with Crippen molar-refractivity contribution in [3.63, 3.8) is 0 Å². The van der Waals surface area contributed by atoms with Crippen molar-refractivity contribution in [2.75, 3.05) is 39.3 Å². The molecule has 2 aromatic rings. The fourth-order valence-electron chi connectivity index (χ4n) is 4.07. The van der Waals surface area contributed by atoms with Gasteiger partial charge < -0.3 is 9.64 Å². The zero-order valence-corrected chi connectivity index (χ0v) is 15.8. The minimum absolute atomic E-state index is 0.0752. The van der Waals surface area contributed by atoms with Crippen LogP contribution in [0, 0.1) is 0 Å². The van der Waals surface area contributed by atoms with E-state index >= 15 is 0 Å². The van der Waals surface area contributed by atoms with Gasteiger partial charge >= 0.3 is 0 Å². The minimum Gasteiger partial charge on any atom is -0.372 e. The van der Waals surface area contributed by atoms with Crippen LogP contribution >= 0.6 is 0 Å². The Hall–Kier alpha value is -2.32. The Morgan fingerprint density at radius 3 is 2.63 bits per heavy atom. The summed E-state index contributed by atoms with van der Waals surface area (Å²) in [5, 5.41) is 11.1. The number of piperidine rings is 1. The average molecular weight is 370 g/mol. The van der Waals surface area contributed by atoms with Crippen molar-refractivity contribution < 1.29 is 9.53 Å². The molecule has 27 heavy (non-hydrogen) atoms. The van der Waals surface area contributed by atoms with Crippen LogP contribution in [-0.4, -0.2) is 80.8 Å². The van der Waals surface area contributed by atoms with Gasteiger partial charge in [0, 0.05) is 31.7 Å². The van der Waals surface area contributed by atoms with Gasteiger partial charge in [0.05, 0.1) is 17.9 Å². The molecule has 4 rings (SSSR count). The largest absolute Gasteiger partial charge is 0.372 e. The third kappa shape index (κ3) is 3.86. The molecule has 0 atom stereocenters. The van der Waals surface area contributed by atoms with Gasteiger partial charge in [0.25, 0.3) is 5.91 Å². The molecule has 1 aromatic carbocycles. The lowest BCUT2D eigenvalue weighted by atomic mass is 9.89. The number of tetrazole rings is 1. The van der Waals surface area contributed by atoms with Crippen LogP contribution in [0.4, 0.5) is 0 Å². The fraction of sp³-hybridized carbons (Fsp3) is 0.579. The van der Waals surface area contributed by atoms with E-state index in [1.807, 2.05) is 29.2 Å².